The maximum absolute atomic E-state index is 13.0. The highest BCUT2D eigenvalue weighted by molar-refractivity contribution is 7.61. The van der Waals surface area contributed by atoms with Crippen molar-refractivity contribution in [2.45, 2.75) is 31.0 Å². The van der Waals surface area contributed by atoms with Crippen LogP contribution in [0.4, 0.5) is 0 Å². The third-order valence-electron chi connectivity index (χ3n) is 6.41. The van der Waals surface area contributed by atoms with E-state index >= 15 is 0 Å². The summed E-state index contributed by atoms with van der Waals surface area (Å²) in [7, 11) is -3.86. The molecule has 32 heavy (non-hydrogen) atoms. The fraction of sp³-hybridized carbons (Fsp3) is 0.435. The monoisotopic (exact) mass is 460 g/mol. The molecule has 0 saturated carbocycles. The van der Waals surface area contributed by atoms with Gasteiger partial charge in [-0.3, -0.25) is 14.3 Å². The lowest BCUT2D eigenvalue weighted by atomic mass is 9.97. The molecule has 0 aromatic heterocycles. The van der Waals surface area contributed by atoms with Crippen LogP contribution >= 0.6 is 7.37 Å². The molecular weight excluding hydrogens is 431 g/mol. The Bertz CT molecular complexity index is 1040. The molecule has 4 N–H and O–H groups in total. The van der Waals surface area contributed by atoms with E-state index in [9.17, 15) is 19.4 Å². The van der Waals surface area contributed by atoms with Crippen molar-refractivity contribution in [1.82, 2.24) is 4.90 Å². The normalized spacial score (nSPS) is 25.1. The van der Waals surface area contributed by atoms with Crippen LogP contribution in [0.2, 0.25) is 0 Å². The summed E-state index contributed by atoms with van der Waals surface area (Å²) in [5.41, 5.74) is 8.56. The zero-order valence-electron chi connectivity index (χ0n) is 17.9. The maximum Gasteiger partial charge on any atom is 0.320 e. The molecule has 4 rings (SSSR count). The quantitative estimate of drug-likeness (QED) is 0.406. The molecule has 2 heterocycles. The fourth-order valence-corrected chi connectivity index (χ4v) is 6.78. The lowest BCUT2D eigenvalue weighted by molar-refractivity contribution is -0.141. The second-order valence-electron chi connectivity index (χ2n) is 8.44. The standard InChI is InChI=1S/C23H29N2O6P/c24-10-4-3-9-23(22(26)27)15-25(11-12-32(23,28)29)14-18-5-1-2-6-19(18)17-7-8-20-21(13-17)31-16-30-20/h1-2,5-8,13H,3-4,9-12,14-16,24H2,(H,26,27)(H,28,29). The smallest absolute Gasteiger partial charge is 0.320 e. The van der Waals surface area contributed by atoms with Gasteiger partial charge in [0.25, 0.3) is 0 Å². The van der Waals surface area contributed by atoms with Gasteiger partial charge < -0.3 is 25.2 Å². The number of nitrogens with two attached hydrogens (primary N) is 1. The molecule has 1 fully saturated rings. The first-order valence-corrected chi connectivity index (χ1v) is 12.7. The number of carboxylic acids is 1. The molecule has 0 radical (unpaired) electrons. The second kappa shape index (κ2) is 9.24. The van der Waals surface area contributed by atoms with Crippen LogP contribution in [0.5, 0.6) is 11.5 Å². The Morgan fingerprint density at radius 2 is 1.94 bits per heavy atom. The number of ether oxygens (including phenoxy) is 2. The molecule has 172 valence electrons. The van der Waals surface area contributed by atoms with Crippen molar-refractivity contribution in [3.63, 3.8) is 0 Å². The van der Waals surface area contributed by atoms with Crippen molar-refractivity contribution in [3.05, 3.63) is 48.0 Å². The average molecular weight is 460 g/mol. The Kier molecular flexibility index (Phi) is 6.58. The Morgan fingerprint density at radius 3 is 2.72 bits per heavy atom. The second-order valence-corrected chi connectivity index (χ2v) is 11.1. The number of hydrogen-bond acceptors (Lipinski definition) is 6. The van der Waals surface area contributed by atoms with E-state index in [1.807, 2.05) is 47.4 Å². The van der Waals surface area contributed by atoms with Crippen molar-refractivity contribution in [3.8, 4) is 22.6 Å². The summed E-state index contributed by atoms with van der Waals surface area (Å²) in [6.45, 7) is 1.52. The highest BCUT2D eigenvalue weighted by atomic mass is 31.2. The molecule has 1 saturated heterocycles. The molecule has 2 aromatic rings. The van der Waals surface area contributed by atoms with Gasteiger partial charge in [-0.15, -0.1) is 0 Å². The van der Waals surface area contributed by atoms with E-state index in [0.29, 0.717) is 44.0 Å². The van der Waals surface area contributed by atoms with Gasteiger partial charge in [0.2, 0.25) is 14.2 Å². The average Bonchev–Trinajstić information content (AvgIpc) is 3.24. The van der Waals surface area contributed by atoms with E-state index in [4.69, 9.17) is 15.2 Å². The first-order chi connectivity index (χ1) is 15.4. The number of rotatable bonds is 8. The van der Waals surface area contributed by atoms with Gasteiger partial charge in [-0.1, -0.05) is 36.8 Å². The zero-order chi connectivity index (χ0) is 22.8. The molecular formula is C23H29N2O6P. The molecule has 2 aliphatic rings. The number of benzene rings is 2. The van der Waals surface area contributed by atoms with Gasteiger partial charge in [0.05, 0.1) is 0 Å². The summed E-state index contributed by atoms with van der Waals surface area (Å²) in [6, 6.07) is 13.7. The van der Waals surface area contributed by atoms with Crippen LogP contribution in [0.1, 0.15) is 24.8 Å². The van der Waals surface area contributed by atoms with Crippen LogP contribution in [0.25, 0.3) is 11.1 Å². The number of fused-ring (bicyclic) bond motifs is 1. The predicted octanol–water partition coefficient (Wildman–Crippen LogP) is 3.12. The largest absolute Gasteiger partial charge is 0.480 e. The van der Waals surface area contributed by atoms with Gasteiger partial charge in [0.15, 0.2) is 16.7 Å². The van der Waals surface area contributed by atoms with Crippen LogP contribution in [-0.4, -0.2) is 58.6 Å². The van der Waals surface area contributed by atoms with Crippen molar-refractivity contribution >= 4 is 13.3 Å². The number of carboxylic acid groups (broad SMARTS) is 1. The number of carbonyl (C=O) groups is 1. The Balaban J connectivity index is 1.60. The first kappa shape index (κ1) is 22.8. The molecule has 0 spiro atoms. The molecule has 8 nitrogen and oxygen atoms in total. The summed E-state index contributed by atoms with van der Waals surface area (Å²) in [6.07, 6.45) is 1.25. The molecule has 2 unspecified atom stereocenters. The maximum atomic E-state index is 13.0. The Hall–Kier alpha value is -2.38. The molecule has 2 aliphatic heterocycles. The van der Waals surface area contributed by atoms with Crippen molar-refractivity contribution < 1.29 is 28.8 Å². The third-order valence-corrected chi connectivity index (χ3v) is 9.11. The van der Waals surface area contributed by atoms with E-state index in [1.54, 1.807) is 0 Å². The van der Waals surface area contributed by atoms with Crippen LogP contribution in [0.15, 0.2) is 42.5 Å². The molecule has 9 heteroatoms. The highest BCUT2D eigenvalue weighted by Crippen LogP contribution is 2.59. The number of nitrogens with zero attached hydrogens (tertiary/aromatic N) is 1. The van der Waals surface area contributed by atoms with E-state index in [0.717, 1.165) is 16.7 Å². The van der Waals surface area contributed by atoms with Crippen molar-refractivity contribution in [2.24, 2.45) is 5.73 Å². The van der Waals surface area contributed by atoms with E-state index in [2.05, 4.69) is 0 Å². The predicted molar refractivity (Wildman–Crippen MR) is 121 cm³/mol. The minimum Gasteiger partial charge on any atom is -0.480 e. The fourth-order valence-electron chi connectivity index (χ4n) is 4.57. The highest BCUT2D eigenvalue weighted by Gasteiger charge is 2.56. The summed E-state index contributed by atoms with van der Waals surface area (Å²) in [4.78, 5) is 24.9. The Morgan fingerprint density at radius 1 is 1.16 bits per heavy atom. The van der Waals surface area contributed by atoms with Gasteiger partial charge in [-0.25, -0.2) is 0 Å². The van der Waals surface area contributed by atoms with Crippen LogP contribution < -0.4 is 15.2 Å². The first-order valence-electron chi connectivity index (χ1n) is 10.8. The van der Waals surface area contributed by atoms with Gasteiger partial charge in [0, 0.05) is 25.8 Å². The van der Waals surface area contributed by atoms with Crippen LogP contribution in [-0.2, 0) is 15.9 Å². The van der Waals surface area contributed by atoms with E-state index in [1.165, 1.54) is 0 Å². The molecule has 0 bridgehead atoms. The van der Waals surface area contributed by atoms with Gasteiger partial charge in [-0.2, -0.15) is 0 Å². The van der Waals surface area contributed by atoms with Gasteiger partial charge in [-0.05, 0) is 48.2 Å². The summed E-state index contributed by atoms with van der Waals surface area (Å²) in [5, 5.41) is 8.36. The summed E-state index contributed by atoms with van der Waals surface area (Å²) >= 11 is 0. The SMILES string of the molecule is NCCCCC1(C(=O)O)CN(Cc2ccccc2-c2ccc3c(c2)OCO3)CCP1(=O)O. The van der Waals surface area contributed by atoms with Gasteiger partial charge in [0.1, 0.15) is 0 Å². The molecule has 2 aromatic carbocycles. The summed E-state index contributed by atoms with van der Waals surface area (Å²) < 4.78 is 23.9. The van der Waals surface area contributed by atoms with E-state index < -0.39 is 18.5 Å². The number of aliphatic carboxylic acids is 1. The van der Waals surface area contributed by atoms with Crippen molar-refractivity contribution in [1.29, 1.82) is 0 Å². The molecule has 0 aliphatic carbocycles. The van der Waals surface area contributed by atoms with Gasteiger partial charge >= 0.3 is 5.97 Å². The lowest BCUT2D eigenvalue weighted by Crippen LogP contribution is -2.53. The lowest BCUT2D eigenvalue weighted by Gasteiger charge is -2.43. The number of hydrogen-bond donors (Lipinski definition) is 3. The summed E-state index contributed by atoms with van der Waals surface area (Å²) in [5.74, 6) is 0.208. The Labute approximate surface area is 187 Å². The van der Waals surface area contributed by atoms with Crippen LogP contribution in [0, 0.1) is 0 Å². The zero-order valence-corrected chi connectivity index (χ0v) is 18.8. The number of unbranched alkanes of at least 4 members (excludes halogenated alkanes) is 1. The minimum atomic E-state index is -3.86. The van der Waals surface area contributed by atoms with E-state index in [-0.39, 0.29) is 25.9 Å². The molecule has 0 amide bonds. The van der Waals surface area contributed by atoms with Crippen molar-refractivity contribution in [2.75, 3.05) is 32.6 Å². The van der Waals surface area contributed by atoms with Crippen LogP contribution in [0.3, 0.4) is 0 Å². The topological polar surface area (TPSA) is 122 Å². The third kappa shape index (κ3) is 4.28. The molecule has 2 atom stereocenters. The minimum absolute atomic E-state index is 0.0336.